The number of hydrogen-bond acceptors (Lipinski definition) is 4. The molecule has 8 heteroatoms. The van der Waals surface area contributed by atoms with E-state index in [1.54, 1.807) is 16.5 Å². The van der Waals surface area contributed by atoms with Gasteiger partial charge in [-0.3, -0.25) is 23.3 Å². The van der Waals surface area contributed by atoms with E-state index in [4.69, 9.17) is 0 Å². The molecule has 1 fully saturated rings. The zero-order valence-corrected chi connectivity index (χ0v) is 12.8. The van der Waals surface area contributed by atoms with Gasteiger partial charge in [0.25, 0.3) is 5.56 Å². The first-order valence-electron chi connectivity index (χ1n) is 7.39. The van der Waals surface area contributed by atoms with Gasteiger partial charge >= 0.3 is 5.69 Å². The van der Waals surface area contributed by atoms with Gasteiger partial charge in [0.1, 0.15) is 6.67 Å². The quantitative estimate of drug-likeness (QED) is 0.769. The molecule has 3 heterocycles. The summed E-state index contributed by atoms with van der Waals surface area (Å²) in [4.78, 5) is 42.2. The highest BCUT2D eigenvalue weighted by molar-refractivity contribution is 5.76. The van der Waals surface area contributed by atoms with Crippen LogP contribution in [0.4, 0.5) is 0 Å². The van der Waals surface area contributed by atoms with Gasteiger partial charge in [-0.15, -0.1) is 0 Å². The fraction of sp³-hybridized carbons (Fsp3) is 0.571. The van der Waals surface area contributed by atoms with Crippen molar-refractivity contribution < 1.29 is 4.79 Å². The molecule has 0 aromatic carbocycles. The first-order chi connectivity index (χ1) is 10.5. The Morgan fingerprint density at radius 2 is 1.86 bits per heavy atom. The van der Waals surface area contributed by atoms with E-state index in [0.29, 0.717) is 25.3 Å². The van der Waals surface area contributed by atoms with Crippen molar-refractivity contribution in [1.82, 2.24) is 23.6 Å². The average molecular weight is 305 g/mol. The van der Waals surface area contributed by atoms with E-state index < -0.39 is 11.2 Å². The molecule has 8 nitrogen and oxygen atoms in total. The van der Waals surface area contributed by atoms with Crippen LogP contribution in [0.2, 0.25) is 0 Å². The summed E-state index contributed by atoms with van der Waals surface area (Å²) in [6, 6.07) is 0. The molecule has 3 rings (SSSR count). The van der Waals surface area contributed by atoms with Gasteiger partial charge in [-0.2, -0.15) is 0 Å². The van der Waals surface area contributed by atoms with E-state index in [0.717, 1.165) is 23.8 Å². The molecule has 1 aliphatic heterocycles. The Kier molecular flexibility index (Phi) is 3.59. The van der Waals surface area contributed by atoms with Gasteiger partial charge < -0.3 is 4.90 Å². The summed E-state index contributed by atoms with van der Waals surface area (Å²) in [6.07, 6.45) is 5.00. The number of rotatable bonds is 2. The SMILES string of the molecule is Cn1c(=O)c2ncn(CN3CCCCCC3=O)c2n(C)c1=O. The van der Waals surface area contributed by atoms with Crippen LogP contribution in [-0.4, -0.2) is 36.0 Å². The first-order valence-corrected chi connectivity index (χ1v) is 7.39. The monoisotopic (exact) mass is 305 g/mol. The first kappa shape index (κ1) is 14.6. The van der Waals surface area contributed by atoms with Crippen molar-refractivity contribution in [3.63, 3.8) is 0 Å². The van der Waals surface area contributed by atoms with Crippen molar-refractivity contribution in [2.24, 2.45) is 14.1 Å². The minimum absolute atomic E-state index is 0.105. The third-order valence-corrected chi connectivity index (χ3v) is 4.20. The zero-order valence-electron chi connectivity index (χ0n) is 12.8. The van der Waals surface area contributed by atoms with Gasteiger partial charge in [0.05, 0.1) is 6.33 Å². The van der Waals surface area contributed by atoms with E-state index in [1.165, 1.54) is 17.9 Å². The van der Waals surface area contributed by atoms with Crippen LogP contribution in [0.3, 0.4) is 0 Å². The molecule has 22 heavy (non-hydrogen) atoms. The highest BCUT2D eigenvalue weighted by Gasteiger charge is 2.20. The van der Waals surface area contributed by atoms with Gasteiger partial charge in [0.2, 0.25) is 5.91 Å². The number of aryl methyl sites for hydroxylation is 1. The number of likely N-dealkylation sites (tertiary alicyclic amines) is 1. The molecular weight excluding hydrogens is 286 g/mol. The maximum atomic E-state index is 12.1. The Hall–Kier alpha value is -2.38. The highest BCUT2D eigenvalue weighted by atomic mass is 16.2. The van der Waals surface area contributed by atoms with Crippen LogP contribution >= 0.6 is 0 Å². The molecule has 1 saturated heterocycles. The molecule has 0 radical (unpaired) electrons. The van der Waals surface area contributed by atoms with Crippen molar-refractivity contribution in [1.29, 1.82) is 0 Å². The molecule has 2 aromatic rings. The maximum Gasteiger partial charge on any atom is 0.332 e. The molecule has 2 aromatic heterocycles. The van der Waals surface area contributed by atoms with E-state index in [2.05, 4.69) is 4.98 Å². The van der Waals surface area contributed by atoms with Crippen LogP contribution in [0, 0.1) is 0 Å². The van der Waals surface area contributed by atoms with E-state index >= 15 is 0 Å². The summed E-state index contributed by atoms with van der Waals surface area (Å²) in [5.41, 5.74) is -0.127. The van der Waals surface area contributed by atoms with Crippen molar-refractivity contribution in [2.75, 3.05) is 6.54 Å². The standard InChI is InChI=1S/C14H19N5O3/c1-16-12-11(13(21)17(2)14(16)22)15-8-19(12)9-18-7-5-3-4-6-10(18)20/h8H,3-7,9H2,1-2H3. The number of imidazole rings is 1. The largest absolute Gasteiger partial charge is 0.332 e. The van der Waals surface area contributed by atoms with Gasteiger partial charge in [-0.05, 0) is 12.8 Å². The van der Waals surface area contributed by atoms with Gasteiger partial charge in [-0.1, -0.05) is 6.42 Å². The summed E-state index contributed by atoms with van der Waals surface area (Å²) in [5, 5.41) is 0. The van der Waals surface area contributed by atoms with Crippen molar-refractivity contribution >= 4 is 17.1 Å². The average Bonchev–Trinajstić information content (AvgIpc) is 2.82. The minimum atomic E-state index is -0.418. The fourth-order valence-corrected chi connectivity index (χ4v) is 2.92. The number of carbonyl (C=O) groups excluding carboxylic acids is 1. The Labute approximate surface area is 126 Å². The molecule has 118 valence electrons. The Balaban J connectivity index is 2.07. The van der Waals surface area contributed by atoms with Gasteiger partial charge in [0.15, 0.2) is 11.2 Å². The van der Waals surface area contributed by atoms with Crippen LogP contribution in [0.25, 0.3) is 11.2 Å². The Morgan fingerprint density at radius 3 is 2.64 bits per heavy atom. The lowest BCUT2D eigenvalue weighted by Gasteiger charge is -2.21. The molecule has 0 bridgehead atoms. The lowest BCUT2D eigenvalue weighted by Crippen LogP contribution is -2.38. The van der Waals surface area contributed by atoms with Crippen LogP contribution in [0.15, 0.2) is 15.9 Å². The number of amides is 1. The summed E-state index contributed by atoms with van der Waals surface area (Å²) in [6.45, 7) is 1.01. The number of nitrogens with zero attached hydrogens (tertiary/aromatic N) is 5. The molecule has 0 N–H and O–H groups in total. The smallest absolute Gasteiger partial charge is 0.325 e. The summed E-state index contributed by atoms with van der Waals surface area (Å²) >= 11 is 0. The number of hydrogen-bond donors (Lipinski definition) is 0. The molecule has 0 saturated carbocycles. The number of carbonyl (C=O) groups is 1. The second kappa shape index (κ2) is 5.43. The predicted octanol–water partition coefficient (Wildman–Crippen LogP) is -0.206. The molecular formula is C14H19N5O3. The minimum Gasteiger partial charge on any atom is -0.325 e. The van der Waals surface area contributed by atoms with Crippen molar-refractivity contribution in [3.8, 4) is 0 Å². The molecule has 1 amide bonds. The van der Waals surface area contributed by atoms with Crippen molar-refractivity contribution in [2.45, 2.75) is 32.4 Å². The molecule has 1 aliphatic rings. The summed E-state index contributed by atoms with van der Waals surface area (Å²) in [5.74, 6) is 0.105. The van der Waals surface area contributed by atoms with Gasteiger partial charge in [-0.25, -0.2) is 9.78 Å². The molecule has 0 atom stereocenters. The predicted molar refractivity (Wildman–Crippen MR) is 80.4 cm³/mol. The third kappa shape index (κ3) is 2.24. The van der Waals surface area contributed by atoms with E-state index in [9.17, 15) is 14.4 Å². The van der Waals surface area contributed by atoms with E-state index in [-0.39, 0.29) is 11.4 Å². The second-order valence-corrected chi connectivity index (χ2v) is 5.70. The lowest BCUT2D eigenvalue weighted by molar-refractivity contribution is -0.132. The Morgan fingerprint density at radius 1 is 1.09 bits per heavy atom. The number of fused-ring (bicyclic) bond motifs is 1. The summed E-state index contributed by atoms with van der Waals surface area (Å²) in [7, 11) is 3.04. The van der Waals surface area contributed by atoms with Crippen LogP contribution < -0.4 is 11.2 Å². The topological polar surface area (TPSA) is 82.1 Å². The fourth-order valence-electron chi connectivity index (χ4n) is 2.92. The molecule has 0 spiro atoms. The maximum absolute atomic E-state index is 12.1. The summed E-state index contributed by atoms with van der Waals surface area (Å²) < 4.78 is 4.13. The third-order valence-electron chi connectivity index (χ3n) is 4.20. The highest BCUT2D eigenvalue weighted by Crippen LogP contribution is 2.14. The van der Waals surface area contributed by atoms with Crippen LogP contribution in [0.1, 0.15) is 25.7 Å². The second-order valence-electron chi connectivity index (χ2n) is 5.70. The Bertz CT molecular complexity index is 845. The normalized spacial score (nSPS) is 16.3. The van der Waals surface area contributed by atoms with E-state index in [1.807, 2.05) is 0 Å². The van der Waals surface area contributed by atoms with Crippen LogP contribution in [-0.2, 0) is 25.6 Å². The number of aromatic nitrogens is 4. The molecule has 0 unspecified atom stereocenters. The van der Waals surface area contributed by atoms with Crippen LogP contribution in [0.5, 0.6) is 0 Å². The lowest BCUT2D eigenvalue weighted by atomic mass is 10.2. The van der Waals surface area contributed by atoms with Gasteiger partial charge in [0, 0.05) is 27.1 Å². The van der Waals surface area contributed by atoms with Crippen molar-refractivity contribution in [3.05, 3.63) is 27.2 Å². The zero-order chi connectivity index (χ0) is 15.9. The molecule has 0 aliphatic carbocycles.